The normalized spacial score (nSPS) is 21.2. The summed E-state index contributed by atoms with van der Waals surface area (Å²) in [5.41, 5.74) is -0.730. The number of alkyl halides is 3. The van der Waals surface area contributed by atoms with Gasteiger partial charge < -0.3 is 10.1 Å². The highest BCUT2D eigenvalue weighted by atomic mass is 19.4. The summed E-state index contributed by atoms with van der Waals surface area (Å²) < 4.78 is 42.8. The Morgan fingerprint density at radius 3 is 2.88 bits per heavy atom. The molecule has 1 aromatic heterocycles. The summed E-state index contributed by atoms with van der Waals surface area (Å²) in [5.74, 6) is 0.0357. The molecular weight excluding hydrogens is 233 g/mol. The molecule has 0 radical (unpaired) electrons. The summed E-state index contributed by atoms with van der Waals surface area (Å²) >= 11 is 0. The molecule has 1 aliphatic heterocycles. The maximum Gasteiger partial charge on any atom is 0.416 e. The average Bonchev–Trinajstić information content (AvgIpc) is 2.29. The van der Waals surface area contributed by atoms with E-state index in [1.807, 2.05) is 0 Å². The monoisotopic (exact) mass is 246 g/mol. The lowest BCUT2D eigenvalue weighted by molar-refractivity contribution is -0.137. The van der Waals surface area contributed by atoms with Crippen LogP contribution in [0.15, 0.2) is 18.3 Å². The average molecular weight is 246 g/mol. The Bertz CT molecular complexity index is 375. The summed E-state index contributed by atoms with van der Waals surface area (Å²) in [4.78, 5) is 3.80. The van der Waals surface area contributed by atoms with Crippen molar-refractivity contribution in [2.24, 2.45) is 0 Å². The van der Waals surface area contributed by atoms with Gasteiger partial charge >= 0.3 is 6.18 Å². The fourth-order valence-electron chi connectivity index (χ4n) is 1.74. The molecule has 1 unspecified atom stereocenters. The zero-order valence-corrected chi connectivity index (χ0v) is 9.13. The predicted octanol–water partition coefficient (Wildman–Crippen LogP) is 2.23. The predicted molar refractivity (Wildman–Crippen MR) is 55.8 cm³/mol. The van der Waals surface area contributed by atoms with E-state index in [2.05, 4.69) is 10.3 Å². The van der Waals surface area contributed by atoms with Crippen LogP contribution in [0.5, 0.6) is 5.88 Å². The Morgan fingerprint density at radius 1 is 1.41 bits per heavy atom. The smallest absolute Gasteiger partial charge is 0.416 e. The molecule has 17 heavy (non-hydrogen) atoms. The van der Waals surface area contributed by atoms with E-state index in [1.54, 1.807) is 0 Å². The van der Waals surface area contributed by atoms with E-state index in [0.717, 1.165) is 37.7 Å². The summed E-state index contributed by atoms with van der Waals surface area (Å²) in [7, 11) is 0. The Kier molecular flexibility index (Phi) is 3.51. The number of ether oxygens (including phenoxy) is 1. The highest BCUT2D eigenvalue weighted by molar-refractivity contribution is 5.23. The van der Waals surface area contributed by atoms with E-state index < -0.39 is 11.7 Å². The third-order valence-corrected chi connectivity index (χ3v) is 2.60. The van der Waals surface area contributed by atoms with E-state index >= 15 is 0 Å². The maximum atomic E-state index is 12.5. The molecule has 1 fully saturated rings. The first-order valence-corrected chi connectivity index (χ1v) is 5.46. The zero-order chi connectivity index (χ0) is 12.3. The fourth-order valence-corrected chi connectivity index (χ4v) is 1.74. The molecule has 1 aromatic rings. The minimum atomic E-state index is -4.36. The van der Waals surface area contributed by atoms with Gasteiger partial charge in [0.25, 0.3) is 0 Å². The standard InChI is InChI=1S/C11H13F3N2O/c12-11(13,14)8-3-5-16-10(6-8)17-9-2-1-4-15-7-9/h3,5-6,9,15H,1-2,4,7H2. The van der Waals surface area contributed by atoms with Crippen molar-refractivity contribution >= 4 is 0 Å². The number of nitrogens with one attached hydrogen (secondary N) is 1. The molecule has 1 saturated heterocycles. The Labute approximate surface area is 97.0 Å². The topological polar surface area (TPSA) is 34.1 Å². The van der Waals surface area contributed by atoms with Crippen LogP contribution >= 0.6 is 0 Å². The SMILES string of the molecule is FC(F)(F)c1ccnc(OC2CCCNC2)c1. The number of hydrogen-bond donors (Lipinski definition) is 1. The first-order chi connectivity index (χ1) is 8.05. The van der Waals surface area contributed by atoms with Gasteiger partial charge in [-0.2, -0.15) is 13.2 Å². The zero-order valence-electron chi connectivity index (χ0n) is 9.13. The maximum absolute atomic E-state index is 12.5. The van der Waals surface area contributed by atoms with Crippen molar-refractivity contribution in [3.63, 3.8) is 0 Å². The Morgan fingerprint density at radius 2 is 2.24 bits per heavy atom. The van der Waals surface area contributed by atoms with Crippen molar-refractivity contribution in [2.45, 2.75) is 25.1 Å². The summed E-state index contributed by atoms with van der Waals surface area (Å²) in [6.45, 7) is 1.58. The van der Waals surface area contributed by atoms with Crippen LogP contribution in [-0.4, -0.2) is 24.2 Å². The van der Waals surface area contributed by atoms with E-state index in [0.29, 0.717) is 6.54 Å². The van der Waals surface area contributed by atoms with Gasteiger partial charge in [0, 0.05) is 18.8 Å². The van der Waals surface area contributed by atoms with Crippen LogP contribution in [0.2, 0.25) is 0 Å². The third kappa shape index (κ3) is 3.33. The van der Waals surface area contributed by atoms with Crippen molar-refractivity contribution in [1.29, 1.82) is 0 Å². The first-order valence-electron chi connectivity index (χ1n) is 5.46. The van der Waals surface area contributed by atoms with Crippen molar-refractivity contribution in [3.8, 4) is 5.88 Å². The molecule has 0 spiro atoms. The molecule has 1 atom stereocenters. The fraction of sp³-hybridized carbons (Fsp3) is 0.545. The molecule has 2 rings (SSSR count). The van der Waals surface area contributed by atoms with Gasteiger partial charge in [0.1, 0.15) is 6.10 Å². The summed E-state index contributed by atoms with van der Waals surface area (Å²) in [6.07, 6.45) is -1.53. The summed E-state index contributed by atoms with van der Waals surface area (Å²) in [6, 6.07) is 1.88. The first kappa shape index (κ1) is 12.2. The Hall–Kier alpha value is -1.30. The molecule has 0 amide bonds. The highest BCUT2D eigenvalue weighted by Crippen LogP contribution is 2.30. The van der Waals surface area contributed by atoms with Crippen LogP contribution in [0.3, 0.4) is 0 Å². The van der Waals surface area contributed by atoms with Crippen LogP contribution in [0, 0.1) is 0 Å². The minimum absolute atomic E-state index is 0.0357. The highest BCUT2D eigenvalue weighted by Gasteiger charge is 2.31. The van der Waals surface area contributed by atoms with Crippen molar-refractivity contribution in [3.05, 3.63) is 23.9 Å². The van der Waals surface area contributed by atoms with Gasteiger partial charge in [-0.05, 0) is 25.5 Å². The van der Waals surface area contributed by atoms with E-state index in [4.69, 9.17) is 4.74 Å². The second-order valence-electron chi connectivity index (χ2n) is 3.97. The molecule has 1 N–H and O–H groups in total. The number of aromatic nitrogens is 1. The number of rotatable bonds is 2. The minimum Gasteiger partial charge on any atom is -0.473 e. The second kappa shape index (κ2) is 4.91. The van der Waals surface area contributed by atoms with Crippen LogP contribution in [0.1, 0.15) is 18.4 Å². The molecule has 0 aliphatic carbocycles. The summed E-state index contributed by atoms with van der Waals surface area (Å²) in [5, 5.41) is 3.12. The van der Waals surface area contributed by atoms with Gasteiger partial charge in [0.05, 0.1) is 5.56 Å². The van der Waals surface area contributed by atoms with Crippen LogP contribution in [-0.2, 0) is 6.18 Å². The van der Waals surface area contributed by atoms with Gasteiger partial charge in [-0.1, -0.05) is 0 Å². The third-order valence-electron chi connectivity index (χ3n) is 2.60. The molecule has 3 nitrogen and oxygen atoms in total. The lowest BCUT2D eigenvalue weighted by atomic mass is 10.1. The van der Waals surface area contributed by atoms with Crippen molar-refractivity contribution in [2.75, 3.05) is 13.1 Å². The number of pyridine rings is 1. The van der Waals surface area contributed by atoms with Gasteiger partial charge in [0.15, 0.2) is 0 Å². The van der Waals surface area contributed by atoms with Gasteiger partial charge in [-0.3, -0.25) is 0 Å². The molecule has 1 aliphatic rings. The Balaban J connectivity index is 2.05. The number of nitrogens with zero attached hydrogens (tertiary/aromatic N) is 1. The van der Waals surface area contributed by atoms with Crippen LogP contribution in [0.25, 0.3) is 0 Å². The van der Waals surface area contributed by atoms with Gasteiger partial charge in [-0.25, -0.2) is 4.98 Å². The number of piperidine rings is 1. The molecule has 0 bridgehead atoms. The quantitative estimate of drug-likeness (QED) is 0.868. The molecule has 6 heteroatoms. The molecule has 0 saturated carbocycles. The van der Waals surface area contributed by atoms with Crippen molar-refractivity contribution in [1.82, 2.24) is 10.3 Å². The molecule has 0 aromatic carbocycles. The number of halogens is 3. The van der Waals surface area contributed by atoms with Crippen LogP contribution in [0.4, 0.5) is 13.2 Å². The lowest BCUT2D eigenvalue weighted by Gasteiger charge is -2.23. The van der Waals surface area contributed by atoms with E-state index in [9.17, 15) is 13.2 Å². The number of hydrogen-bond acceptors (Lipinski definition) is 3. The second-order valence-corrected chi connectivity index (χ2v) is 3.97. The van der Waals surface area contributed by atoms with E-state index in [-0.39, 0.29) is 12.0 Å². The largest absolute Gasteiger partial charge is 0.473 e. The molecule has 94 valence electrons. The van der Waals surface area contributed by atoms with E-state index in [1.165, 1.54) is 0 Å². The van der Waals surface area contributed by atoms with Crippen molar-refractivity contribution < 1.29 is 17.9 Å². The van der Waals surface area contributed by atoms with Gasteiger partial charge in [0.2, 0.25) is 5.88 Å². The molecule has 2 heterocycles. The molecular formula is C11H13F3N2O. The van der Waals surface area contributed by atoms with Crippen LogP contribution < -0.4 is 10.1 Å². The lowest BCUT2D eigenvalue weighted by Crippen LogP contribution is -2.37. The van der Waals surface area contributed by atoms with Gasteiger partial charge in [-0.15, -0.1) is 0 Å².